The van der Waals surface area contributed by atoms with Gasteiger partial charge in [0.2, 0.25) is 11.8 Å². The summed E-state index contributed by atoms with van der Waals surface area (Å²) in [6, 6.07) is -0.854. The van der Waals surface area contributed by atoms with E-state index in [1.54, 1.807) is 20.8 Å². The number of amides is 2. The summed E-state index contributed by atoms with van der Waals surface area (Å²) in [6.45, 7) is 11.8. The molecule has 0 aliphatic carbocycles. The highest BCUT2D eigenvalue weighted by molar-refractivity contribution is 5.93. The molecule has 0 saturated heterocycles. The lowest BCUT2D eigenvalue weighted by molar-refractivity contribution is -0.135. The molecule has 0 rings (SSSR count). The number of hydrogen-bond donors (Lipinski definition) is 3. The maximum absolute atomic E-state index is 12.1. The zero-order valence-corrected chi connectivity index (χ0v) is 14.7. The Morgan fingerprint density at radius 1 is 1.05 bits per heavy atom. The fraction of sp³-hybridized carbons (Fsp3) is 0.812. The number of nitrogens with one attached hydrogen (secondary N) is 2. The van der Waals surface area contributed by atoms with Gasteiger partial charge in [0.05, 0.1) is 0 Å². The van der Waals surface area contributed by atoms with E-state index in [2.05, 4.69) is 10.6 Å². The van der Waals surface area contributed by atoms with Crippen molar-refractivity contribution in [1.82, 2.24) is 10.6 Å². The molecule has 0 aliphatic heterocycles. The lowest BCUT2D eigenvalue weighted by Crippen LogP contribution is -2.51. The number of carbonyl (C=O) groups excluding carboxylic acids is 3. The van der Waals surface area contributed by atoms with E-state index in [1.807, 2.05) is 20.8 Å². The molecule has 1 unspecified atom stereocenters. The van der Waals surface area contributed by atoms with E-state index in [0.717, 1.165) is 0 Å². The molecule has 0 fully saturated rings. The van der Waals surface area contributed by atoms with Crippen LogP contribution in [0.5, 0.6) is 0 Å². The van der Waals surface area contributed by atoms with Crippen LogP contribution in [-0.2, 0) is 14.4 Å². The number of carbonyl (C=O) groups is 3. The first-order chi connectivity index (χ1) is 9.86. The van der Waals surface area contributed by atoms with Gasteiger partial charge in [0, 0.05) is 31.3 Å². The van der Waals surface area contributed by atoms with Crippen LogP contribution in [0.1, 0.15) is 54.4 Å². The summed E-state index contributed by atoms with van der Waals surface area (Å²) in [5.74, 6) is -0.677. The summed E-state index contributed by atoms with van der Waals surface area (Å²) in [5, 5.41) is 5.30. The standard InChI is InChI=1S/C16H31N3O3/c1-15(2,3)10-11(20)9-12(13(21)18-8-7-17)19-14(22)16(4,5)6/h12H,7-10,17H2,1-6H3,(H,18,21)(H,19,22). The monoisotopic (exact) mass is 313 g/mol. The van der Waals surface area contributed by atoms with Crippen LogP contribution in [0.4, 0.5) is 0 Å². The van der Waals surface area contributed by atoms with Crippen LogP contribution in [0.15, 0.2) is 0 Å². The Balaban J connectivity index is 4.90. The first-order valence-electron chi connectivity index (χ1n) is 7.67. The minimum absolute atomic E-state index is 0.00447. The van der Waals surface area contributed by atoms with Gasteiger partial charge in [0.1, 0.15) is 11.8 Å². The summed E-state index contributed by atoms with van der Waals surface area (Å²) in [5.41, 5.74) is 4.59. The van der Waals surface area contributed by atoms with E-state index in [1.165, 1.54) is 0 Å². The molecule has 0 spiro atoms. The molecule has 6 heteroatoms. The Morgan fingerprint density at radius 2 is 1.59 bits per heavy atom. The van der Waals surface area contributed by atoms with E-state index in [0.29, 0.717) is 19.5 Å². The summed E-state index contributed by atoms with van der Waals surface area (Å²) >= 11 is 0. The molecule has 0 saturated carbocycles. The predicted molar refractivity (Wildman–Crippen MR) is 87.1 cm³/mol. The van der Waals surface area contributed by atoms with Gasteiger partial charge in [-0.1, -0.05) is 41.5 Å². The zero-order chi connectivity index (χ0) is 17.6. The summed E-state index contributed by atoms with van der Waals surface area (Å²) < 4.78 is 0. The summed E-state index contributed by atoms with van der Waals surface area (Å²) in [4.78, 5) is 36.3. The molecule has 0 heterocycles. The molecule has 22 heavy (non-hydrogen) atoms. The fourth-order valence-electron chi connectivity index (χ4n) is 1.79. The minimum Gasteiger partial charge on any atom is -0.353 e. The van der Waals surface area contributed by atoms with Crippen molar-refractivity contribution in [2.24, 2.45) is 16.6 Å². The maximum Gasteiger partial charge on any atom is 0.243 e. The molecule has 0 aliphatic rings. The third-order valence-electron chi connectivity index (χ3n) is 2.91. The molecule has 0 bridgehead atoms. The second-order valence-electron chi connectivity index (χ2n) is 7.84. The van der Waals surface area contributed by atoms with Gasteiger partial charge in [0.25, 0.3) is 0 Å². The van der Waals surface area contributed by atoms with Crippen LogP contribution in [0.3, 0.4) is 0 Å². The van der Waals surface area contributed by atoms with Crippen molar-refractivity contribution in [1.29, 1.82) is 0 Å². The second-order valence-corrected chi connectivity index (χ2v) is 7.84. The third kappa shape index (κ3) is 8.77. The van der Waals surface area contributed by atoms with Gasteiger partial charge in [0.15, 0.2) is 0 Å². The highest BCUT2D eigenvalue weighted by atomic mass is 16.2. The number of ketones is 1. The quantitative estimate of drug-likeness (QED) is 0.652. The highest BCUT2D eigenvalue weighted by Crippen LogP contribution is 2.20. The smallest absolute Gasteiger partial charge is 0.243 e. The first-order valence-corrected chi connectivity index (χ1v) is 7.67. The van der Waals surface area contributed by atoms with Crippen LogP contribution < -0.4 is 16.4 Å². The Hall–Kier alpha value is -1.43. The van der Waals surface area contributed by atoms with Crippen LogP contribution in [0.2, 0.25) is 0 Å². The average Bonchev–Trinajstić information content (AvgIpc) is 2.31. The van der Waals surface area contributed by atoms with Crippen LogP contribution in [0.25, 0.3) is 0 Å². The topological polar surface area (TPSA) is 101 Å². The van der Waals surface area contributed by atoms with Gasteiger partial charge in [-0.3, -0.25) is 14.4 Å². The first kappa shape index (κ1) is 20.6. The number of Topliss-reactive ketones (excluding diaryl/α,β-unsaturated/α-hetero) is 1. The maximum atomic E-state index is 12.1. The van der Waals surface area contributed by atoms with E-state index in [4.69, 9.17) is 5.73 Å². The van der Waals surface area contributed by atoms with Crippen molar-refractivity contribution >= 4 is 17.6 Å². The van der Waals surface area contributed by atoms with Crippen LogP contribution in [-0.4, -0.2) is 36.7 Å². The Morgan fingerprint density at radius 3 is 2.00 bits per heavy atom. The van der Waals surface area contributed by atoms with Crippen LogP contribution >= 0.6 is 0 Å². The molecular formula is C16H31N3O3. The number of rotatable bonds is 7. The molecule has 2 amide bonds. The molecule has 6 nitrogen and oxygen atoms in total. The molecule has 0 aromatic heterocycles. The lowest BCUT2D eigenvalue weighted by Gasteiger charge is -2.24. The van der Waals surface area contributed by atoms with Crippen molar-refractivity contribution < 1.29 is 14.4 Å². The Bertz CT molecular complexity index is 406. The molecule has 0 radical (unpaired) electrons. The van der Waals surface area contributed by atoms with Gasteiger partial charge in [-0.2, -0.15) is 0 Å². The SMILES string of the molecule is CC(C)(C)CC(=O)CC(NC(=O)C(C)(C)C)C(=O)NCCN. The highest BCUT2D eigenvalue weighted by Gasteiger charge is 2.29. The van der Waals surface area contributed by atoms with E-state index >= 15 is 0 Å². The molecule has 4 N–H and O–H groups in total. The summed E-state index contributed by atoms with van der Waals surface area (Å²) in [7, 11) is 0. The van der Waals surface area contributed by atoms with Crippen molar-refractivity contribution in [2.75, 3.05) is 13.1 Å². The molecule has 0 aromatic carbocycles. The zero-order valence-electron chi connectivity index (χ0n) is 14.7. The van der Waals surface area contributed by atoms with Gasteiger partial charge >= 0.3 is 0 Å². The molecule has 1 atom stereocenters. The largest absolute Gasteiger partial charge is 0.353 e. The Kier molecular flexibility index (Phi) is 7.73. The van der Waals surface area contributed by atoms with Gasteiger partial charge in [-0.25, -0.2) is 0 Å². The lowest BCUT2D eigenvalue weighted by atomic mass is 9.87. The molecule has 128 valence electrons. The van der Waals surface area contributed by atoms with Crippen molar-refractivity contribution in [2.45, 2.75) is 60.4 Å². The predicted octanol–water partition coefficient (Wildman–Crippen LogP) is 0.988. The summed E-state index contributed by atoms with van der Waals surface area (Å²) in [6.07, 6.45) is 0.356. The third-order valence-corrected chi connectivity index (χ3v) is 2.91. The Labute approximate surface area is 133 Å². The minimum atomic E-state index is -0.854. The second kappa shape index (κ2) is 8.27. The normalized spacial score (nSPS) is 13.4. The fourth-order valence-corrected chi connectivity index (χ4v) is 1.79. The van der Waals surface area contributed by atoms with Crippen molar-refractivity contribution in [3.8, 4) is 0 Å². The number of hydrogen-bond acceptors (Lipinski definition) is 4. The van der Waals surface area contributed by atoms with E-state index < -0.39 is 11.5 Å². The number of nitrogens with two attached hydrogens (primary N) is 1. The van der Waals surface area contributed by atoms with Gasteiger partial charge < -0.3 is 16.4 Å². The molecule has 0 aromatic rings. The van der Waals surface area contributed by atoms with Crippen LogP contribution in [0, 0.1) is 10.8 Å². The average molecular weight is 313 g/mol. The van der Waals surface area contributed by atoms with Gasteiger partial charge in [-0.05, 0) is 5.41 Å². The molecular weight excluding hydrogens is 282 g/mol. The van der Waals surface area contributed by atoms with E-state index in [-0.39, 0.29) is 29.4 Å². The van der Waals surface area contributed by atoms with Crippen molar-refractivity contribution in [3.05, 3.63) is 0 Å². The van der Waals surface area contributed by atoms with Crippen molar-refractivity contribution in [3.63, 3.8) is 0 Å². The van der Waals surface area contributed by atoms with Gasteiger partial charge in [-0.15, -0.1) is 0 Å². The van der Waals surface area contributed by atoms with E-state index in [9.17, 15) is 14.4 Å².